The van der Waals surface area contributed by atoms with E-state index in [9.17, 15) is 9.90 Å². The van der Waals surface area contributed by atoms with Crippen LogP contribution < -0.4 is 10.1 Å². The molecule has 4 nitrogen and oxygen atoms in total. The number of nitrogens with one attached hydrogen (secondary N) is 1. The summed E-state index contributed by atoms with van der Waals surface area (Å²) >= 11 is 0. The largest absolute Gasteiger partial charge is 0.497 e. The quantitative estimate of drug-likeness (QED) is 0.862. The molecule has 23 heavy (non-hydrogen) atoms. The number of benzene rings is 2. The number of carbonyl (C=O) groups excluding carboxylic acids is 1. The molecule has 2 aromatic rings. The molecule has 0 fully saturated rings. The van der Waals surface area contributed by atoms with Gasteiger partial charge in [0, 0.05) is 6.54 Å². The third-order valence-electron chi connectivity index (χ3n) is 3.74. The summed E-state index contributed by atoms with van der Waals surface area (Å²) in [4.78, 5) is 12.1. The normalized spacial score (nSPS) is 13.2. The molecule has 4 heteroatoms. The second-order valence-corrected chi connectivity index (χ2v) is 5.95. The van der Waals surface area contributed by atoms with E-state index in [-0.39, 0.29) is 12.3 Å². The summed E-state index contributed by atoms with van der Waals surface area (Å²) in [6.45, 7) is 4.04. The highest BCUT2D eigenvalue weighted by molar-refractivity contribution is 5.77. The number of aryl methyl sites for hydroxylation is 1. The van der Waals surface area contributed by atoms with Crippen LogP contribution >= 0.6 is 0 Å². The van der Waals surface area contributed by atoms with E-state index in [1.165, 1.54) is 0 Å². The number of methoxy groups -OCH3 is 1. The number of hydrogen-bond acceptors (Lipinski definition) is 3. The highest BCUT2D eigenvalue weighted by Crippen LogP contribution is 2.24. The molecule has 0 aliphatic rings. The molecular formula is C19H23NO3. The average Bonchev–Trinajstić information content (AvgIpc) is 2.53. The Morgan fingerprint density at radius 2 is 1.91 bits per heavy atom. The minimum absolute atomic E-state index is 0.0139. The van der Waals surface area contributed by atoms with Crippen molar-refractivity contribution in [2.24, 2.45) is 0 Å². The van der Waals surface area contributed by atoms with Crippen molar-refractivity contribution < 1.29 is 14.6 Å². The minimum Gasteiger partial charge on any atom is -0.497 e. The number of amides is 1. The minimum atomic E-state index is -1.18. The van der Waals surface area contributed by atoms with Crippen LogP contribution in [0, 0.1) is 6.92 Å². The van der Waals surface area contributed by atoms with Gasteiger partial charge >= 0.3 is 0 Å². The van der Waals surface area contributed by atoms with Gasteiger partial charge in [0.1, 0.15) is 5.75 Å². The second kappa shape index (κ2) is 7.29. The summed E-state index contributed by atoms with van der Waals surface area (Å²) in [6, 6.07) is 15.0. The summed E-state index contributed by atoms with van der Waals surface area (Å²) < 4.78 is 5.23. The second-order valence-electron chi connectivity index (χ2n) is 5.95. The number of ether oxygens (including phenoxy) is 1. The van der Waals surface area contributed by atoms with Gasteiger partial charge in [-0.3, -0.25) is 4.79 Å². The average molecular weight is 313 g/mol. The van der Waals surface area contributed by atoms with Crippen molar-refractivity contribution in [1.29, 1.82) is 0 Å². The molecule has 0 bridgehead atoms. The van der Waals surface area contributed by atoms with Crippen LogP contribution in [0.4, 0.5) is 0 Å². The maximum Gasteiger partial charge on any atom is 0.223 e. The number of aliphatic hydroxyl groups is 1. The lowest BCUT2D eigenvalue weighted by Gasteiger charge is -2.23. The van der Waals surface area contributed by atoms with E-state index in [1.54, 1.807) is 14.0 Å². The van der Waals surface area contributed by atoms with Gasteiger partial charge in [0.15, 0.2) is 0 Å². The molecule has 0 saturated heterocycles. The zero-order valence-corrected chi connectivity index (χ0v) is 13.8. The Balaban J connectivity index is 1.96. The molecule has 1 atom stereocenters. The van der Waals surface area contributed by atoms with E-state index in [2.05, 4.69) is 5.32 Å². The molecule has 2 N–H and O–H groups in total. The van der Waals surface area contributed by atoms with E-state index in [1.807, 2.05) is 55.5 Å². The SMILES string of the molecule is COc1cc(C)cc(CNC(=O)CC(C)(O)c2ccccc2)c1. The lowest BCUT2D eigenvalue weighted by atomic mass is 9.92. The Labute approximate surface area is 137 Å². The Morgan fingerprint density at radius 1 is 1.22 bits per heavy atom. The fourth-order valence-corrected chi connectivity index (χ4v) is 2.52. The fraction of sp³-hybridized carbons (Fsp3) is 0.316. The van der Waals surface area contributed by atoms with Crippen molar-refractivity contribution >= 4 is 5.91 Å². The van der Waals surface area contributed by atoms with Crippen molar-refractivity contribution in [2.75, 3.05) is 7.11 Å². The van der Waals surface area contributed by atoms with Gasteiger partial charge in [0.05, 0.1) is 19.1 Å². The molecule has 1 unspecified atom stereocenters. The highest BCUT2D eigenvalue weighted by Gasteiger charge is 2.26. The van der Waals surface area contributed by atoms with Crippen LogP contribution in [0.1, 0.15) is 30.0 Å². The first-order chi connectivity index (χ1) is 10.9. The molecule has 2 rings (SSSR count). The molecule has 0 spiro atoms. The lowest BCUT2D eigenvalue weighted by Crippen LogP contribution is -2.32. The molecule has 1 amide bonds. The van der Waals surface area contributed by atoms with Crippen molar-refractivity contribution in [3.63, 3.8) is 0 Å². The van der Waals surface area contributed by atoms with Gasteiger partial charge < -0.3 is 15.2 Å². The van der Waals surface area contributed by atoms with E-state index >= 15 is 0 Å². The predicted molar refractivity (Wildman–Crippen MR) is 90.2 cm³/mol. The van der Waals surface area contributed by atoms with E-state index in [0.29, 0.717) is 6.54 Å². The van der Waals surface area contributed by atoms with E-state index in [4.69, 9.17) is 4.74 Å². The van der Waals surface area contributed by atoms with Crippen molar-refractivity contribution in [3.8, 4) is 5.75 Å². The maximum absolute atomic E-state index is 12.1. The van der Waals surface area contributed by atoms with Crippen LogP contribution in [0.15, 0.2) is 48.5 Å². The topological polar surface area (TPSA) is 58.6 Å². The summed E-state index contributed by atoms with van der Waals surface area (Å²) in [7, 11) is 1.62. The van der Waals surface area contributed by atoms with Gasteiger partial charge in [-0.1, -0.05) is 36.4 Å². The summed E-state index contributed by atoms with van der Waals surface area (Å²) in [5.41, 5.74) is 1.59. The molecular weight excluding hydrogens is 290 g/mol. The maximum atomic E-state index is 12.1. The van der Waals surface area contributed by atoms with Crippen LogP contribution in [-0.4, -0.2) is 18.1 Å². The third-order valence-corrected chi connectivity index (χ3v) is 3.74. The van der Waals surface area contributed by atoms with Gasteiger partial charge in [-0.25, -0.2) is 0 Å². The first-order valence-corrected chi connectivity index (χ1v) is 7.60. The molecule has 0 aliphatic heterocycles. The molecule has 0 aliphatic carbocycles. The number of hydrogen-bond donors (Lipinski definition) is 2. The molecule has 0 aromatic heterocycles. The van der Waals surface area contributed by atoms with Crippen LogP contribution in [0.2, 0.25) is 0 Å². The van der Waals surface area contributed by atoms with Gasteiger partial charge in [-0.15, -0.1) is 0 Å². The van der Waals surface area contributed by atoms with Gasteiger partial charge in [-0.2, -0.15) is 0 Å². The predicted octanol–water partition coefficient (Wildman–Crippen LogP) is 2.92. The van der Waals surface area contributed by atoms with E-state index in [0.717, 1.165) is 22.4 Å². The first-order valence-electron chi connectivity index (χ1n) is 7.60. The number of rotatable bonds is 6. The molecule has 0 saturated carbocycles. The highest BCUT2D eigenvalue weighted by atomic mass is 16.5. The third kappa shape index (κ3) is 4.83. The lowest BCUT2D eigenvalue weighted by molar-refractivity contribution is -0.126. The van der Waals surface area contributed by atoms with Crippen LogP contribution in [-0.2, 0) is 16.9 Å². The van der Waals surface area contributed by atoms with Crippen molar-refractivity contribution in [2.45, 2.75) is 32.4 Å². The summed E-state index contributed by atoms with van der Waals surface area (Å²) in [6.07, 6.45) is 0.0139. The monoisotopic (exact) mass is 313 g/mol. The van der Waals surface area contributed by atoms with E-state index < -0.39 is 5.60 Å². The van der Waals surface area contributed by atoms with Crippen molar-refractivity contribution in [3.05, 3.63) is 65.2 Å². The molecule has 122 valence electrons. The van der Waals surface area contributed by atoms with Crippen LogP contribution in [0.25, 0.3) is 0 Å². The summed E-state index contributed by atoms with van der Waals surface area (Å²) in [5.74, 6) is 0.574. The zero-order chi connectivity index (χ0) is 16.9. The van der Waals surface area contributed by atoms with Gasteiger partial charge in [0.2, 0.25) is 5.91 Å². The Bertz CT molecular complexity index is 666. The molecule has 2 aromatic carbocycles. The van der Waals surface area contributed by atoms with Gasteiger partial charge in [0.25, 0.3) is 0 Å². The summed E-state index contributed by atoms with van der Waals surface area (Å²) in [5, 5.41) is 13.3. The number of carbonyl (C=O) groups is 1. The first kappa shape index (κ1) is 17.0. The van der Waals surface area contributed by atoms with Crippen LogP contribution in [0.5, 0.6) is 5.75 Å². The molecule has 0 heterocycles. The molecule has 0 radical (unpaired) electrons. The Kier molecular flexibility index (Phi) is 5.40. The van der Waals surface area contributed by atoms with Gasteiger partial charge in [-0.05, 0) is 42.7 Å². The van der Waals surface area contributed by atoms with Crippen LogP contribution in [0.3, 0.4) is 0 Å². The fourth-order valence-electron chi connectivity index (χ4n) is 2.52. The Morgan fingerprint density at radius 3 is 2.57 bits per heavy atom. The van der Waals surface area contributed by atoms with Crippen molar-refractivity contribution in [1.82, 2.24) is 5.32 Å². The Hall–Kier alpha value is -2.33. The standard InChI is InChI=1S/C19H23NO3/c1-14-9-15(11-17(10-14)23-3)13-20-18(21)12-19(2,22)16-7-5-4-6-8-16/h4-11,22H,12-13H2,1-3H3,(H,20,21). The zero-order valence-electron chi connectivity index (χ0n) is 13.8. The smallest absolute Gasteiger partial charge is 0.223 e.